The molecule has 8 heteroatoms. The number of carbonyl (C=O) groups excluding carboxylic acids is 2. The van der Waals surface area contributed by atoms with Gasteiger partial charge in [0.1, 0.15) is 5.69 Å². The second kappa shape index (κ2) is 8.69. The van der Waals surface area contributed by atoms with Crippen molar-refractivity contribution in [2.75, 3.05) is 43.5 Å². The first kappa shape index (κ1) is 19.6. The summed E-state index contributed by atoms with van der Waals surface area (Å²) in [5.41, 5.74) is 1.64. The van der Waals surface area contributed by atoms with Crippen LogP contribution in [0.15, 0.2) is 36.7 Å². The van der Waals surface area contributed by atoms with Gasteiger partial charge in [-0.15, -0.1) is 0 Å². The highest BCUT2D eigenvalue weighted by Gasteiger charge is 2.25. The van der Waals surface area contributed by atoms with Gasteiger partial charge in [0.25, 0.3) is 5.91 Å². The molecule has 1 aliphatic heterocycles. The molecule has 0 radical (unpaired) electrons. The van der Waals surface area contributed by atoms with Crippen LogP contribution in [0.1, 0.15) is 34.7 Å². The normalized spacial score (nSPS) is 14.1. The summed E-state index contributed by atoms with van der Waals surface area (Å²) < 4.78 is 4.65. The maximum Gasteiger partial charge on any atom is 0.339 e. The van der Waals surface area contributed by atoms with Crippen LogP contribution in [0.2, 0.25) is 0 Å². The molecular weight excluding hydrogens is 358 g/mol. The third-order valence-corrected chi connectivity index (χ3v) is 4.50. The van der Waals surface area contributed by atoms with Gasteiger partial charge in [-0.1, -0.05) is 0 Å². The molecule has 2 aromatic heterocycles. The predicted molar refractivity (Wildman–Crippen MR) is 107 cm³/mol. The van der Waals surface area contributed by atoms with E-state index >= 15 is 0 Å². The molecule has 1 fully saturated rings. The summed E-state index contributed by atoms with van der Waals surface area (Å²) in [5, 5.41) is 3.42. The van der Waals surface area contributed by atoms with Crippen LogP contribution in [0, 0.1) is 0 Å². The number of aromatic nitrogens is 2. The maximum atomic E-state index is 12.7. The minimum atomic E-state index is -0.471. The first-order chi connectivity index (χ1) is 13.5. The third-order valence-electron chi connectivity index (χ3n) is 4.50. The minimum absolute atomic E-state index is 0.141. The number of hydrogen-bond acceptors (Lipinski definition) is 7. The molecule has 0 aliphatic carbocycles. The fourth-order valence-corrected chi connectivity index (χ4v) is 3.11. The molecule has 148 valence electrons. The van der Waals surface area contributed by atoms with Crippen LogP contribution in [0.3, 0.4) is 0 Å². The minimum Gasteiger partial charge on any atom is -0.465 e. The van der Waals surface area contributed by atoms with Gasteiger partial charge in [0.15, 0.2) is 5.82 Å². The first-order valence-electron chi connectivity index (χ1n) is 9.29. The zero-order valence-corrected chi connectivity index (χ0v) is 16.4. The number of methoxy groups -OCH3 is 1. The van der Waals surface area contributed by atoms with E-state index in [1.165, 1.54) is 13.3 Å². The summed E-state index contributed by atoms with van der Waals surface area (Å²) in [6.07, 6.45) is 3.15. The van der Waals surface area contributed by atoms with E-state index in [4.69, 9.17) is 0 Å². The van der Waals surface area contributed by atoms with Crippen molar-refractivity contribution in [3.63, 3.8) is 0 Å². The van der Waals surface area contributed by atoms with Gasteiger partial charge >= 0.3 is 5.97 Å². The van der Waals surface area contributed by atoms with Crippen LogP contribution in [0.5, 0.6) is 0 Å². The number of carbonyl (C=O) groups is 2. The molecule has 0 unspecified atom stereocenters. The number of rotatable bonds is 5. The van der Waals surface area contributed by atoms with Gasteiger partial charge in [0.05, 0.1) is 18.4 Å². The number of nitrogens with zero attached hydrogens (tertiary/aromatic N) is 4. The van der Waals surface area contributed by atoms with E-state index < -0.39 is 5.97 Å². The maximum absolute atomic E-state index is 12.7. The topological polar surface area (TPSA) is 87.7 Å². The fraction of sp³-hybridized carbons (Fsp3) is 0.400. The standard InChI is InChI=1S/C20H25N5O3/c1-14(2)23-16-5-4-8-21-18(16)24-9-11-25(12-10-24)19(26)17-7-6-15(13-22-17)20(27)28-3/h4-8,13-14,23H,9-12H2,1-3H3. The van der Waals surface area contributed by atoms with Crippen molar-refractivity contribution in [1.82, 2.24) is 14.9 Å². The lowest BCUT2D eigenvalue weighted by atomic mass is 10.2. The second-order valence-corrected chi connectivity index (χ2v) is 6.88. The lowest BCUT2D eigenvalue weighted by molar-refractivity contribution is 0.0599. The number of amides is 1. The molecule has 0 bridgehead atoms. The fourth-order valence-electron chi connectivity index (χ4n) is 3.11. The molecule has 1 N–H and O–H groups in total. The van der Waals surface area contributed by atoms with E-state index in [0.717, 1.165) is 11.5 Å². The molecule has 2 aromatic rings. The number of ether oxygens (including phenoxy) is 1. The Hall–Kier alpha value is -3.16. The van der Waals surface area contributed by atoms with Gasteiger partial charge in [0, 0.05) is 44.6 Å². The van der Waals surface area contributed by atoms with Crippen molar-refractivity contribution in [3.05, 3.63) is 47.9 Å². The zero-order valence-electron chi connectivity index (χ0n) is 16.4. The van der Waals surface area contributed by atoms with Crippen molar-refractivity contribution in [2.45, 2.75) is 19.9 Å². The van der Waals surface area contributed by atoms with Gasteiger partial charge in [-0.3, -0.25) is 9.78 Å². The van der Waals surface area contributed by atoms with Gasteiger partial charge in [0.2, 0.25) is 0 Å². The van der Waals surface area contributed by atoms with Crippen LogP contribution in [-0.4, -0.2) is 66.1 Å². The highest BCUT2D eigenvalue weighted by Crippen LogP contribution is 2.24. The SMILES string of the molecule is COC(=O)c1ccc(C(=O)N2CCN(c3ncccc3NC(C)C)CC2)nc1. The summed E-state index contributed by atoms with van der Waals surface area (Å²) in [6.45, 7) is 6.72. The van der Waals surface area contributed by atoms with Crippen LogP contribution in [0.25, 0.3) is 0 Å². The molecule has 1 aliphatic rings. The lowest BCUT2D eigenvalue weighted by Crippen LogP contribution is -2.49. The Balaban J connectivity index is 1.64. The molecular formula is C20H25N5O3. The zero-order chi connectivity index (χ0) is 20.1. The lowest BCUT2D eigenvalue weighted by Gasteiger charge is -2.36. The molecule has 1 amide bonds. The summed E-state index contributed by atoms with van der Waals surface area (Å²) in [5.74, 6) is 0.294. The van der Waals surface area contributed by atoms with E-state index in [0.29, 0.717) is 43.5 Å². The Morgan fingerprint density at radius 3 is 2.46 bits per heavy atom. The Bertz CT molecular complexity index is 830. The van der Waals surface area contributed by atoms with E-state index in [2.05, 4.69) is 38.8 Å². The molecule has 3 rings (SSSR count). The average molecular weight is 383 g/mol. The summed E-state index contributed by atoms with van der Waals surface area (Å²) in [7, 11) is 1.31. The summed E-state index contributed by atoms with van der Waals surface area (Å²) >= 11 is 0. The quantitative estimate of drug-likeness (QED) is 0.791. The van der Waals surface area contributed by atoms with E-state index in [-0.39, 0.29) is 5.91 Å². The summed E-state index contributed by atoms with van der Waals surface area (Å²) in [6, 6.07) is 7.36. The number of piperazine rings is 1. The van der Waals surface area contributed by atoms with Gasteiger partial charge < -0.3 is 19.9 Å². The molecule has 0 atom stereocenters. The Kier molecular flexibility index (Phi) is 6.08. The number of hydrogen-bond donors (Lipinski definition) is 1. The molecule has 1 saturated heterocycles. The average Bonchev–Trinajstić information content (AvgIpc) is 2.73. The molecule has 0 saturated carbocycles. The van der Waals surface area contributed by atoms with Gasteiger partial charge in [-0.05, 0) is 38.1 Å². The largest absolute Gasteiger partial charge is 0.465 e. The molecule has 8 nitrogen and oxygen atoms in total. The third kappa shape index (κ3) is 4.39. The van der Waals surface area contributed by atoms with E-state index in [9.17, 15) is 9.59 Å². The highest BCUT2D eigenvalue weighted by atomic mass is 16.5. The van der Waals surface area contributed by atoms with Crippen molar-refractivity contribution < 1.29 is 14.3 Å². The van der Waals surface area contributed by atoms with E-state index in [1.807, 2.05) is 12.1 Å². The van der Waals surface area contributed by atoms with Crippen LogP contribution in [0.4, 0.5) is 11.5 Å². The van der Waals surface area contributed by atoms with Crippen LogP contribution < -0.4 is 10.2 Å². The molecule has 28 heavy (non-hydrogen) atoms. The van der Waals surface area contributed by atoms with Gasteiger partial charge in [-0.25, -0.2) is 9.78 Å². The van der Waals surface area contributed by atoms with Gasteiger partial charge in [-0.2, -0.15) is 0 Å². The van der Waals surface area contributed by atoms with Crippen molar-refractivity contribution in [2.24, 2.45) is 0 Å². The van der Waals surface area contributed by atoms with E-state index in [1.54, 1.807) is 23.2 Å². The summed E-state index contributed by atoms with van der Waals surface area (Å²) in [4.78, 5) is 36.8. The molecule has 0 aromatic carbocycles. The van der Waals surface area contributed by atoms with Crippen LogP contribution in [-0.2, 0) is 4.74 Å². The molecule has 3 heterocycles. The number of anilines is 2. The highest BCUT2D eigenvalue weighted by molar-refractivity contribution is 5.94. The van der Waals surface area contributed by atoms with Crippen molar-refractivity contribution >= 4 is 23.4 Å². The van der Waals surface area contributed by atoms with Crippen molar-refractivity contribution in [3.8, 4) is 0 Å². The number of nitrogens with one attached hydrogen (secondary N) is 1. The monoisotopic (exact) mass is 383 g/mol. The number of pyridine rings is 2. The predicted octanol–water partition coefficient (Wildman–Crippen LogP) is 2.05. The first-order valence-corrected chi connectivity index (χ1v) is 9.29. The Labute approximate surface area is 164 Å². The number of esters is 1. The van der Waals surface area contributed by atoms with Crippen LogP contribution >= 0.6 is 0 Å². The Morgan fingerprint density at radius 2 is 1.86 bits per heavy atom. The van der Waals surface area contributed by atoms with Crippen molar-refractivity contribution in [1.29, 1.82) is 0 Å². The smallest absolute Gasteiger partial charge is 0.339 e. The second-order valence-electron chi connectivity index (χ2n) is 6.88. The molecule has 0 spiro atoms. The Morgan fingerprint density at radius 1 is 1.11 bits per heavy atom.